The first-order valence-corrected chi connectivity index (χ1v) is 9.44. The van der Waals surface area contributed by atoms with Gasteiger partial charge in [0, 0.05) is 25.2 Å². The van der Waals surface area contributed by atoms with Gasteiger partial charge in [-0.05, 0) is 25.0 Å². The third-order valence-corrected chi connectivity index (χ3v) is 5.09. The minimum absolute atomic E-state index is 0.0819. The van der Waals surface area contributed by atoms with E-state index in [0.29, 0.717) is 5.69 Å². The summed E-state index contributed by atoms with van der Waals surface area (Å²) in [6.45, 7) is 0.365. The fraction of sp³-hybridized carbons (Fsp3) is 0.600. The molecule has 0 radical (unpaired) electrons. The van der Waals surface area contributed by atoms with E-state index in [4.69, 9.17) is 0 Å². The summed E-state index contributed by atoms with van der Waals surface area (Å²) in [6.07, 6.45) is 7.31. The van der Waals surface area contributed by atoms with Gasteiger partial charge in [0.15, 0.2) is 0 Å². The third-order valence-electron chi connectivity index (χ3n) is 3.84. The molecule has 0 aromatic carbocycles. The lowest BCUT2D eigenvalue weighted by Crippen LogP contribution is -2.37. The van der Waals surface area contributed by atoms with Gasteiger partial charge in [0.25, 0.3) is 0 Å². The molecule has 1 heterocycles. The third kappa shape index (κ3) is 5.38. The van der Waals surface area contributed by atoms with Crippen LogP contribution in [0.4, 0.5) is 0 Å². The SMILES string of the molecule is CS(=O)(=O)N(CCC(=O)NC1CCCC1)Cc1ccccn1. The van der Waals surface area contributed by atoms with Gasteiger partial charge in [-0.15, -0.1) is 0 Å². The molecule has 0 atom stereocenters. The Bertz CT molecular complexity index is 583. The fourth-order valence-electron chi connectivity index (χ4n) is 2.63. The number of sulfonamides is 1. The highest BCUT2D eigenvalue weighted by Crippen LogP contribution is 2.17. The number of amides is 1. The van der Waals surface area contributed by atoms with Crippen molar-refractivity contribution in [2.24, 2.45) is 0 Å². The van der Waals surface area contributed by atoms with Crippen molar-refractivity contribution in [1.82, 2.24) is 14.6 Å². The minimum atomic E-state index is -3.37. The lowest BCUT2D eigenvalue weighted by atomic mass is 10.2. The first-order chi connectivity index (χ1) is 10.4. The van der Waals surface area contributed by atoms with Crippen molar-refractivity contribution in [3.63, 3.8) is 0 Å². The van der Waals surface area contributed by atoms with Gasteiger partial charge < -0.3 is 5.32 Å². The molecule has 22 heavy (non-hydrogen) atoms. The average Bonchev–Trinajstić information content (AvgIpc) is 2.96. The number of carbonyl (C=O) groups excluding carboxylic acids is 1. The van der Waals surface area contributed by atoms with Gasteiger partial charge in [-0.25, -0.2) is 8.42 Å². The van der Waals surface area contributed by atoms with Crippen molar-refractivity contribution in [2.45, 2.75) is 44.7 Å². The Morgan fingerprint density at radius 1 is 1.36 bits per heavy atom. The molecule has 2 rings (SSSR count). The number of nitrogens with zero attached hydrogens (tertiary/aromatic N) is 2. The van der Waals surface area contributed by atoms with E-state index in [2.05, 4.69) is 10.3 Å². The van der Waals surface area contributed by atoms with Crippen molar-refractivity contribution < 1.29 is 13.2 Å². The summed E-state index contributed by atoms with van der Waals surface area (Å²) >= 11 is 0. The van der Waals surface area contributed by atoms with Gasteiger partial charge in [0.05, 0.1) is 18.5 Å². The predicted molar refractivity (Wildman–Crippen MR) is 84.5 cm³/mol. The molecule has 1 aliphatic carbocycles. The van der Waals surface area contributed by atoms with E-state index in [-0.39, 0.29) is 31.5 Å². The maximum atomic E-state index is 11.9. The van der Waals surface area contributed by atoms with Crippen molar-refractivity contribution in [1.29, 1.82) is 0 Å². The summed E-state index contributed by atoms with van der Waals surface area (Å²) in [7, 11) is -3.37. The number of nitrogens with one attached hydrogen (secondary N) is 1. The lowest BCUT2D eigenvalue weighted by molar-refractivity contribution is -0.121. The smallest absolute Gasteiger partial charge is 0.221 e. The van der Waals surface area contributed by atoms with Crippen LogP contribution in [0.2, 0.25) is 0 Å². The zero-order valence-corrected chi connectivity index (χ0v) is 13.7. The Morgan fingerprint density at radius 2 is 2.09 bits per heavy atom. The van der Waals surface area contributed by atoms with Crippen LogP contribution < -0.4 is 5.32 Å². The molecular weight excluding hydrogens is 302 g/mol. The molecule has 1 N–H and O–H groups in total. The average molecular weight is 325 g/mol. The summed E-state index contributed by atoms with van der Waals surface area (Å²) in [5, 5.41) is 2.97. The highest BCUT2D eigenvalue weighted by molar-refractivity contribution is 7.88. The largest absolute Gasteiger partial charge is 0.353 e. The molecule has 0 unspecified atom stereocenters. The molecule has 122 valence electrons. The van der Waals surface area contributed by atoms with Crippen LogP contribution in [0.1, 0.15) is 37.8 Å². The number of aromatic nitrogens is 1. The molecule has 0 bridgehead atoms. The summed E-state index contributed by atoms with van der Waals surface area (Å²) in [5.41, 5.74) is 0.670. The molecule has 1 saturated carbocycles. The van der Waals surface area contributed by atoms with Gasteiger partial charge >= 0.3 is 0 Å². The van der Waals surface area contributed by atoms with Crippen molar-refractivity contribution >= 4 is 15.9 Å². The molecule has 1 aliphatic rings. The molecule has 1 amide bonds. The van der Waals surface area contributed by atoms with Crippen LogP contribution in [0.15, 0.2) is 24.4 Å². The van der Waals surface area contributed by atoms with Gasteiger partial charge in [0.2, 0.25) is 15.9 Å². The Morgan fingerprint density at radius 3 is 2.68 bits per heavy atom. The molecule has 0 aliphatic heterocycles. The molecule has 1 aromatic rings. The van der Waals surface area contributed by atoms with Crippen LogP contribution in [0.5, 0.6) is 0 Å². The Kier molecular flexibility index (Phi) is 5.90. The lowest BCUT2D eigenvalue weighted by Gasteiger charge is -2.20. The molecular formula is C15H23N3O3S. The van der Waals surface area contributed by atoms with E-state index in [1.54, 1.807) is 18.3 Å². The molecule has 1 aromatic heterocycles. The normalized spacial score (nSPS) is 16.1. The van der Waals surface area contributed by atoms with E-state index < -0.39 is 10.0 Å². The predicted octanol–water partition coefficient (Wildman–Crippen LogP) is 1.29. The van der Waals surface area contributed by atoms with Crippen LogP contribution in [-0.2, 0) is 21.4 Å². The van der Waals surface area contributed by atoms with E-state index in [1.807, 2.05) is 6.07 Å². The second-order valence-corrected chi connectivity index (χ2v) is 7.70. The first kappa shape index (κ1) is 16.9. The monoisotopic (exact) mass is 325 g/mol. The first-order valence-electron chi connectivity index (χ1n) is 7.59. The second kappa shape index (κ2) is 7.69. The fourth-order valence-corrected chi connectivity index (χ4v) is 3.42. The highest BCUT2D eigenvalue weighted by atomic mass is 32.2. The highest BCUT2D eigenvalue weighted by Gasteiger charge is 2.21. The Labute approximate surface area is 132 Å². The van der Waals surface area contributed by atoms with E-state index in [0.717, 1.165) is 31.9 Å². The van der Waals surface area contributed by atoms with Gasteiger partial charge in [-0.2, -0.15) is 4.31 Å². The van der Waals surface area contributed by atoms with E-state index in [1.165, 1.54) is 4.31 Å². The van der Waals surface area contributed by atoms with Crippen molar-refractivity contribution in [2.75, 3.05) is 12.8 Å². The molecule has 0 spiro atoms. The molecule has 0 saturated heterocycles. The minimum Gasteiger partial charge on any atom is -0.353 e. The van der Waals surface area contributed by atoms with Gasteiger partial charge in [-0.3, -0.25) is 9.78 Å². The quantitative estimate of drug-likeness (QED) is 0.819. The Balaban J connectivity index is 1.88. The number of hydrogen-bond donors (Lipinski definition) is 1. The van der Waals surface area contributed by atoms with Crippen LogP contribution in [-0.4, -0.2) is 42.5 Å². The summed E-state index contributed by atoms with van der Waals surface area (Å²) in [5.74, 6) is -0.0819. The zero-order chi connectivity index (χ0) is 16.0. The van der Waals surface area contributed by atoms with Gasteiger partial charge in [-0.1, -0.05) is 18.9 Å². The van der Waals surface area contributed by atoms with Gasteiger partial charge in [0.1, 0.15) is 0 Å². The molecule has 6 nitrogen and oxygen atoms in total. The number of pyridine rings is 1. The summed E-state index contributed by atoms with van der Waals surface area (Å²) in [6, 6.07) is 5.63. The van der Waals surface area contributed by atoms with Crippen LogP contribution in [0, 0.1) is 0 Å². The molecule has 7 heteroatoms. The standard InChI is InChI=1S/C15H23N3O3S/c1-22(20,21)18(12-14-8-4-5-10-16-14)11-9-15(19)17-13-6-2-3-7-13/h4-5,8,10,13H,2-3,6-7,9,11-12H2,1H3,(H,17,19). The van der Waals surface area contributed by atoms with Crippen molar-refractivity contribution in [3.8, 4) is 0 Å². The van der Waals surface area contributed by atoms with Crippen LogP contribution in [0.3, 0.4) is 0 Å². The molecule has 1 fully saturated rings. The number of hydrogen-bond acceptors (Lipinski definition) is 4. The zero-order valence-electron chi connectivity index (χ0n) is 12.9. The van der Waals surface area contributed by atoms with E-state index in [9.17, 15) is 13.2 Å². The van der Waals surface area contributed by atoms with E-state index >= 15 is 0 Å². The summed E-state index contributed by atoms with van der Waals surface area (Å²) < 4.78 is 25.0. The number of rotatable bonds is 7. The second-order valence-electron chi connectivity index (χ2n) is 5.72. The maximum absolute atomic E-state index is 11.9. The van der Waals surface area contributed by atoms with Crippen LogP contribution >= 0.6 is 0 Å². The summed E-state index contributed by atoms with van der Waals surface area (Å²) in [4.78, 5) is 16.1. The Hall–Kier alpha value is -1.47. The van der Waals surface area contributed by atoms with Crippen LogP contribution in [0.25, 0.3) is 0 Å². The maximum Gasteiger partial charge on any atom is 0.221 e. The number of carbonyl (C=O) groups is 1. The van der Waals surface area contributed by atoms with Crippen molar-refractivity contribution in [3.05, 3.63) is 30.1 Å². The topological polar surface area (TPSA) is 79.4 Å².